The predicted molar refractivity (Wildman–Crippen MR) is 95.5 cm³/mol. The van der Waals surface area contributed by atoms with Crippen LogP contribution in [-0.2, 0) is 4.79 Å². The Bertz CT molecular complexity index is 663. The van der Waals surface area contributed by atoms with E-state index in [9.17, 15) is 10.1 Å². The number of benzene rings is 1. The molecule has 0 bridgehead atoms. The van der Waals surface area contributed by atoms with Gasteiger partial charge in [0, 0.05) is 25.3 Å². The Kier molecular flexibility index (Phi) is 8.98. The average Bonchev–Trinajstić information content (AvgIpc) is 2.67. The van der Waals surface area contributed by atoms with Crippen LogP contribution in [0.25, 0.3) is 0 Å². The van der Waals surface area contributed by atoms with Crippen LogP contribution < -0.4 is 14.8 Å². The minimum absolute atomic E-state index is 0.0453. The Morgan fingerprint density at radius 1 is 1.27 bits per heavy atom. The Hall–Kier alpha value is -2.76. The van der Waals surface area contributed by atoms with Gasteiger partial charge in [-0.15, -0.1) is 0 Å². The Morgan fingerprint density at radius 2 is 1.88 bits per heavy atom. The SMILES string of the molecule is COc1ccc(C(C)N/C=C(/C#N)C(=O)N(CCO)CCO)cc1OC. The van der Waals surface area contributed by atoms with Crippen molar-refractivity contribution >= 4 is 5.91 Å². The van der Waals surface area contributed by atoms with E-state index < -0.39 is 5.91 Å². The third-order valence-corrected chi connectivity index (χ3v) is 3.76. The first-order valence-electron chi connectivity index (χ1n) is 8.11. The Balaban J connectivity index is 2.91. The highest BCUT2D eigenvalue weighted by atomic mass is 16.5. The molecule has 0 saturated heterocycles. The highest BCUT2D eigenvalue weighted by Crippen LogP contribution is 2.29. The van der Waals surface area contributed by atoms with Crippen molar-refractivity contribution in [2.75, 3.05) is 40.5 Å². The van der Waals surface area contributed by atoms with Gasteiger partial charge in [0.05, 0.1) is 27.4 Å². The van der Waals surface area contributed by atoms with Gasteiger partial charge in [0.25, 0.3) is 5.91 Å². The maximum atomic E-state index is 12.3. The van der Waals surface area contributed by atoms with E-state index in [0.717, 1.165) is 5.56 Å². The minimum Gasteiger partial charge on any atom is -0.493 e. The van der Waals surface area contributed by atoms with E-state index in [4.69, 9.17) is 19.7 Å². The summed E-state index contributed by atoms with van der Waals surface area (Å²) < 4.78 is 10.5. The number of carbonyl (C=O) groups is 1. The number of ether oxygens (including phenoxy) is 2. The standard InChI is InChI=1S/C18H25N3O5/c1-13(14-4-5-16(25-2)17(10-14)26-3)20-12-15(11-19)18(24)21(6-8-22)7-9-23/h4-5,10,12-13,20,22-23H,6-9H2,1-3H3/b15-12-. The van der Waals surface area contributed by atoms with E-state index in [0.29, 0.717) is 11.5 Å². The summed E-state index contributed by atoms with van der Waals surface area (Å²) in [6.07, 6.45) is 1.34. The van der Waals surface area contributed by atoms with Crippen LogP contribution in [0.4, 0.5) is 0 Å². The van der Waals surface area contributed by atoms with Gasteiger partial charge in [0.2, 0.25) is 0 Å². The summed E-state index contributed by atoms with van der Waals surface area (Å²) in [5, 5.41) is 30.3. The Morgan fingerprint density at radius 3 is 2.38 bits per heavy atom. The van der Waals surface area contributed by atoms with Crippen molar-refractivity contribution in [1.29, 1.82) is 5.26 Å². The molecule has 0 fully saturated rings. The van der Waals surface area contributed by atoms with Crippen LogP contribution in [0.15, 0.2) is 30.0 Å². The second-order valence-corrected chi connectivity index (χ2v) is 5.41. The van der Waals surface area contributed by atoms with Crippen LogP contribution in [0, 0.1) is 11.3 Å². The van der Waals surface area contributed by atoms with Gasteiger partial charge >= 0.3 is 0 Å². The summed E-state index contributed by atoms with van der Waals surface area (Å²) in [7, 11) is 3.10. The van der Waals surface area contributed by atoms with E-state index in [-0.39, 0.29) is 37.9 Å². The van der Waals surface area contributed by atoms with Crippen LogP contribution >= 0.6 is 0 Å². The summed E-state index contributed by atoms with van der Waals surface area (Å²) >= 11 is 0. The lowest BCUT2D eigenvalue weighted by atomic mass is 10.1. The summed E-state index contributed by atoms with van der Waals surface area (Å²) in [6, 6.07) is 7.08. The van der Waals surface area contributed by atoms with Crippen molar-refractivity contribution < 1.29 is 24.5 Å². The molecule has 3 N–H and O–H groups in total. The van der Waals surface area contributed by atoms with Gasteiger partial charge in [-0.1, -0.05) is 6.07 Å². The number of aliphatic hydroxyl groups excluding tert-OH is 2. The highest BCUT2D eigenvalue weighted by Gasteiger charge is 2.18. The van der Waals surface area contributed by atoms with Gasteiger partial charge < -0.3 is 29.9 Å². The zero-order chi connectivity index (χ0) is 19.5. The largest absolute Gasteiger partial charge is 0.493 e. The first kappa shape index (κ1) is 21.3. The maximum absolute atomic E-state index is 12.3. The summed E-state index contributed by atoms with van der Waals surface area (Å²) in [4.78, 5) is 13.5. The van der Waals surface area contributed by atoms with Gasteiger partial charge in [-0.25, -0.2) is 0 Å². The average molecular weight is 363 g/mol. The van der Waals surface area contributed by atoms with Crippen molar-refractivity contribution in [2.24, 2.45) is 0 Å². The fourth-order valence-corrected chi connectivity index (χ4v) is 2.30. The number of hydrogen-bond donors (Lipinski definition) is 3. The lowest BCUT2D eigenvalue weighted by Gasteiger charge is -2.20. The van der Waals surface area contributed by atoms with Gasteiger partial charge in [-0.05, 0) is 24.6 Å². The number of hydrogen-bond acceptors (Lipinski definition) is 7. The van der Waals surface area contributed by atoms with Crippen LogP contribution in [0.3, 0.4) is 0 Å². The molecule has 0 aliphatic heterocycles. The quantitative estimate of drug-likeness (QED) is 0.411. The fraction of sp³-hybridized carbons (Fsp3) is 0.444. The van der Waals surface area contributed by atoms with Crippen molar-refractivity contribution in [1.82, 2.24) is 10.2 Å². The number of aliphatic hydroxyl groups is 2. The summed E-state index contributed by atoms with van der Waals surface area (Å²) in [5.74, 6) is 0.634. The third kappa shape index (κ3) is 5.65. The van der Waals surface area contributed by atoms with E-state index in [1.165, 1.54) is 11.1 Å². The number of nitriles is 1. The smallest absolute Gasteiger partial charge is 0.266 e. The number of nitrogens with zero attached hydrogens (tertiary/aromatic N) is 2. The molecular formula is C18H25N3O5. The molecule has 1 aromatic rings. The summed E-state index contributed by atoms with van der Waals surface area (Å²) in [6.45, 7) is 1.46. The zero-order valence-corrected chi connectivity index (χ0v) is 15.2. The van der Waals surface area contributed by atoms with Crippen molar-refractivity contribution in [2.45, 2.75) is 13.0 Å². The second-order valence-electron chi connectivity index (χ2n) is 5.41. The van der Waals surface area contributed by atoms with Gasteiger partial charge in [-0.3, -0.25) is 4.79 Å². The summed E-state index contributed by atoms with van der Waals surface area (Å²) in [5.41, 5.74) is 0.769. The van der Waals surface area contributed by atoms with Crippen LogP contribution in [0.1, 0.15) is 18.5 Å². The van der Waals surface area contributed by atoms with Crippen molar-refractivity contribution in [3.63, 3.8) is 0 Å². The molecule has 0 radical (unpaired) electrons. The van der Waals surface area contributed by atoms with Crippen LogP contribution in [-0.4, -0.2) is 61.5 Å². The minimum atomic E-state index is -0.553. The highest BCUT2D eigenvalue weighted by molar-refractivity contribution is 5.97. The van der Waals surface area contributed by atoms with E-state index >= 15 is 0 Å². The molecule has 142 valence electrons. The molecular weight excluding hydrogens is 338 g/mol. The van der Waals surface area contributed by atoms with Crippen molar-refractivity contribution in [3.8, 4) is 17.6 Å². The topological polar surface area (TPSA) is 115 Å². The monoisotopic (exact) mass is 363 g/mol. The van der Waals surface area contributed by atoms with Gasteiger partial charge in [0.1, 0.15) is 11.6 Å². The molecule has 1 aromatic carbocycles. The Labute approximate surface area is 153 Å². The molecule has 0 aliphatic carbocycles. The zero-order valence-electron chi connectivity index (χ0n) is 15.2. The molecule has 0 aromatic heterocycles. The second kappa shape index (κ2) is 11.0. The first-order valence-corrected chi connectivity index (χ1v) is 8.11. The molecule has 8 heteroatoms. The third-order valence-electron chi connectivity index (χ3n) is 3.76. The van der Waals surface area contributed by atoms with Gasteiger partial charge in [-0.2, -0.15) is 5.26 Å². The molecule has 26 heavy (non-hydrogen) atoms. The van der Waals surface area contributed by atoms with Crippen molar-refractivity contribution in [3.05, 3.63) is 35.5 Å². The molecule has 1 unspecified atom stereocenters. The first-order chi connectivity index (χ1) is 12.5. The number of rotatable bonds is 10. The van der Waals surface area contributed by atoms with E-state index in [2.05, 4.69) is 5.32 Å². The number of carbonyl (C=O) groups excluding carboxylic acids is 1. The molecule has 1 amide bonds. The number of amides is 1. The normalized spacial score (nSPS) is 12.1. The molecule has 0 aliphatic rings. The lowest BCUT2D eigenvalue weighted by Crippen LogP contribution is -2.37. The van der Waals surface area contributed by atoms with E-state index in [1.807, 2.05) is 25.1 Å². The molecule has 1 rings (SSSR count). The maximum Gasteiger partial charge on any atom is 0.266 e. The number of nitrogens with one attached hydrogen (secondary N) is 1. The molecule has 0 heterocycles. The molecule has 8 nitrogen and oxygen atoms in total. The molecule has 1 atom stereocenters. The predicted octanol–water partition coefficient (Wildman–Crippen LogP) is 0.575. The van der Waals surface area contributed by atoms with Crippen LogP contribution in [0.2, 0.25) is 0 Å². The molecule has 0 saturated carbocycles. The fourth-order valence-electron chi connectivity index (χ4n) is 2.30. The van der Waals surface area contributed by atoms with E-state index in [1.54, 1.807) is 20.3 Å². The molecule has 0 spiro atoms. The lowest BCUT2D eigenvalue weighted by molar-refractivity contribution is -0.127. The number of methoxy groups -OCH3 is 2. The van der Waals surface area contributed by atoms with Gasteiger partial charge in [0.15, 0.2) is 11.5 Å². The van der Waals surface area contributed by atoms with Crippen LogP contribution in [0.5, 0.6) is 11.5 Å².